The molecule has 16 heavy (non-hydrogen) atoms. The number of nitrogens with zero attached hydrogens (tertiary/aromatic N) is 1. The Bertz CT molecular complexity index is 500. The third-order valence-corrected chi connectivity index (χ3v) is 2.30. The van der Waals surface area contributed by atoms with Crippen molar-refractivity contribution in [2.45, 2.75) is 6.43 Å². The molecule has 0 fully saturated rings. The van der Waals surface area contributed by atoms with Crippen LogP contribution >= 0.6 is 0 Å². The fourth-order valence-electron chi connectivity index (χ4n) is 1.55. The maximum absolute atomic E-state index is 12.1. The molecule has 3 nitrogen and oxygen atoms in total. The molecule has 0 saturated heterocycles. The van der Waals surface area contributed by atoms with E-state index in [1.54, 1.807) is 30.6 Å². The van der Waals surface area contributed by atoms with Crippen LogP contribution in [-0.2, 0) is 0 Å². The maximum Gasteiger partial charge on any atom is 0.255 e. The van der Waals surface area contributed by atoms with E-state index in [9.17, 15) is 8.78 Å². The lowest BCUT2D eigenvalue weighted by molar-refractivity contribution is 0.163. The number of nitrogens with two attached hydrogens (primary N) is 1. The number of fused-ring (bicyclic) bond motifs is 1. The van der Waals surface area contributed by atoms with Gasteiger partial charge in [-0.2, -0.15) is 0 Å². The van der Waals surface area contributed by atoms with Crippen LogP contribution < -0.4 is 11.1 Å². The number of aromatic nitrogens is 1. The first-order valence-electron chi connectivity index (χ1n) is 4.82. The van der Waals surface area contributed by atoms with Gasteiger partial charge in [0, 0.05) is 34.5 Å². The number of rotatable bonds is 3. The quantitative estimate of drug-likeness (QED) is 0.786. The molecule has 0 aliphatic heterocycles. The van der Waals surface area contributed by atoms with Gasteiger partial charge in [0.05, 0.1) is 6.54 Å². The first-order valence-corrected chi connectivity index (χ1v) is 4.82. The number of benzene rings is 1. The standard InChI is InChI=1S/C11H11F2N3/c12-11(13)6-16-10-2-1-9(14)7-3-4-15-5-8(7)10/h1-5,11,16H,6,14H2. The Labute approximate surface area is 91.3 Å². The van der Waals surface area contributed by atoms with E-state index in [1.165, 1.54) is 0 Å². The molecule has 0 bridgehead atoms. The third kappa shape index (κ3) is 2.03. The molecule has 0 aliphatic rings. The van der Waals surface area contributed by atoms with E-state index in [0.717, 1.165) is 10.8 Å². The lowest BCUT2D eigenvalue weighted by Gasteiger charge is -2.10. The molecule has 1 heterocycles. The summed E-state index contributed by atoms with van der Waals surface area (Å²) in [4.78, 5) is 3.96. The Kier molecular flexibility index (Phi) is 2.85. The summed E-state index contributed by atoms with van der Waals surface area (Å²) in [6.07, 6.45) is 0.846. The monoisotopic (exact) mass is 223 g/mol. The van der Waals surface area contributed by atoms with Gasteiger partial charge < -0.3 is 11.1 Å². The molecule has 5 heteroatoms. The minimum absolute atomic E-state index is 0.381. The van der Waals surface area contributed by atoms with E-state index in [-0.39, 0.29) is 6.54 Å². The van der Waals surface area contributed by atoms with Gasteiger partial charge in [-0.15, -0.1) is 0 Å². The Morgan fingerprint density at radius 2 is 2.06 bits per heavy atom. The second kappa shape index (κ2) is 4.30. The van der Waals surface area contributed by atoms with Crippen molar-refractivity contribution in [3.63, 3.8) is 0 Å². The first-order chi connectivity index (χ1) is 7.68. The van der Waals surface area contributed by atoms with Crippen LogP contribution in [0.25, 0.3) is 10.8 Å². The zero-order valence-electron chi connectivity index (χ0n) is 8.45. The molecule has 0 aliphatic carbocycles. The molecule has 1 aromatic carbocycles. The predicted octanol–water partition coefficient (Wildman–Crippen LogP) is 2.49. The average Bonchev–Trinajstić information content (AvgIpc) is 2.28. The van der Waals surface area contributed by atoms with Crippen LogP contribution in [0.15, 0.2) is 30.6 Å². The number of anilines is 2. The van der Waals surface area contributed by atoms with E-state index in [2.05, 4.69) is 10.3 Å². The number of nitrogens with one attached hydrogen (secondary N) is 1. The van der Waals surface area contributed by atoms with E-state index >= 15 is 0 Å². The van der Waals surface area contributed by atoms with Gasteiger partial charge in [0.25, 0.3) is 6.43 Å². The van der Waals surface area contributed by atoms with Gasteiger partial charge in [0.2, 0.25) is 0 Å². The van der Waals surface area contributed by atoms with Gasteiger partial charge in [0.15, 0.2) is 0 Å². The fourth-order valence-corrected chi connectivity index (χ4v) is 1.55. The van der Waals surface area contributed by atoms with Crippen molar-refractivity contribution in [2.24, 2.45) is 0 Å². The second-order valence-corrected chi connectivity index (χ2v) is 3.40. The number of hydrogen-bond donors (Lipinski definition) is 2. The highest BCUT2D eigenvalue weighted by molar-refractivity contribution is 6.00. The minimum atomic E-state index is -2.38. The van der Waals surface area contributed by atoms with Gasteiger partial charge in [-0.05, 0) is 18.2 Å². The van der Waals surface area contributed by atoms with E-state index in [0.29, 0.717) is 11.4 Å². The molecule has 0 unspecified atom stereocenters. The molecule has 0 saturated carbocycles. The molecule has 3 N–H and O–H groups in total. The molecule has 0 atom stereocenters. The summed E-state index contributed by atoms with van der Waals surface area (Å²) >= 11 is 0. The summed E-state index contributed by atoms with van der Waals surface area (Å²) in [6.45, 7) is -0.381. The Balaban J connectivity index is 2.42. The fraction of sp³-hybridized carbons (Fsp3) is 0.182. The maximum atomic E-state index is 12.1. The summed E-state index contributed by atoms with van der Waals surface area (Å²) in [7, 11) is 0. The van der Waals surface area contributed by atoms with Crippen LogP contribution in [0.1, 0.15) is 0 Å². The average molecular weight is 223 g/mol. The van der Waals surface area contributed by atoms with Crippen molar-refractivity contribution >= 4 is 22.1 Å². The van der Waals surface area contributed by atoms with E-state index in [1.807, 2.05) is 0 Å². The highest BCUT2D eigenvalue weighted by Gasteiger charge is 2.06. The van der Waals surface area contributed by atoms with Crippen molar-refractivity contribution in [1.29, 1.82) is 0 Å². The number of hydrogen-bond acceptors (Lipinski definition) is 3. The molecule has 1 aromatic heterocycles. The van der Waals surface area contributed by atoms with E-state index in [4.69, 9.17) is 5.73 Å². The number of pyridine rings is 1. The summed E-state index contributed by atoms with van der Waals surface area (Å²) in [5.41, 5.74) is 7.01. The second-order valence-electron chi connectivity index (χ2n) is 3.40. The molecule has 2 rings (SSSR count). The summed E-state index contributed by atoms with van der Waals surface area (Å²) in [5, 5.41) is 4.24. The van der Waals surface area contributed by atoms with Crippen LogP contribution in [0, 0.1) is 0 Å². The van der Waals surface area contributed by atoms with Crippen molar-refractivity contribution < 1.29 is 8.78 Å². The molecule has 0 radical (unpaired) electrons. The lowest BCUT2D eigenvalue weighted by Crippen LogP contribution is -2.10. The van der Waals surface area contributed by atoms with Gasteiger partial charge in [-0.25, -0.2) is 8.78 Å². The highest BCUT2D eigenvalue weighted by atomic mass is 19.3. The smallest absolute Gasteiger partial charge is 0.255 e. The van der Waals surface area contributed by atoms with Crippen LogP contribution in [0.4, 0.5) is 20.2 Å². The molecule has 0 amide bonds. The van der Waals surface area contributed by atoms with Gasteiger partial charge >= 0.3 is 0 Å². The molecule has 84 valence electrons. The Morgan fingerprint density at radius 1 is 1.25 bits per heavy atom. The Morgan fingerprint density at radius 3 is 2.81 bits per heavy atom. The van der Waals surface area contributed by atoms with Gasteiger partial charge in [-0.1, -0.05) is 0 Å². The van der Waals surface area contributed by atoms with Crippen LogP contribution in [0.2, 0.25) is 0 Å². The zero-order chi connectivity index (χ0) is 11.5. The topological polar surface area (TPSA) is 50.9 Å². The van der Waals surface area contributed by atoms with Gasteiger partial charge in [-0.3, -0.25) is 4.98 Å². The van der Waals surface area contributed by atoms with Crippen LogP contribution in [0.3, 0.4) is 0 Å². The largest absolute Gasteiger partial charge is 0.398 e. The SMILES string of the molecule is Nc1ccc(NCC(F)F)c2cnccc12. The minimum Gasteiger partial charge on any atom is -0.398 e. The number of nitrogen functional groups attached to an aromatic ring is 1. The van der Waals surface area contributed by atoms with Crippen LogP contribution in [-0.4, -0.2) is 18.0 Å². The van der Waals surface area contributed by atoms with Crippen molar-refractivity contribution in [2.75, 3.05) is 17.6 Å². The van der Waals surface area contributed by atoms with Crippen molar-refractivity contribution in [1.82, 2.24) is 4.98 Å². The zero-order valence-corrected chi connectivity index (χ0v) is 8.45. The molecule has 0 spiro atoms. The Hall–Kier alpha value is -1.91. The third-order valence-electron chi connectivity index (χ3n) is 2.30. The molecular weight excluding hydrogens is 212 g/mol. The normalized spacial score (nSPS) is 10.9. The summed E-state index contributed by atoms with van der Waals surface area (Å²) in [6, 6.07) is 5.14. The van der Waals surface area contributed by atoms with Gasteiger partial charge in [0.1, 0.15) is 0 Å². The summed E-state index contributed by atoms with van der Waals surface area (Å²) < 4.78 is 24.2. The number of alkyl halides is 2. The van der Waals surface area contributed by atoms with Crippen molar-refractivity contribution in [3.8, 4) is 0 Å². The molecular formula is C11H11F2N3. The first kappa shape index (κ1) is 10.6. The van der Waals surface area contributed by atoms with E-state index < -0.39 is 6.43 Å². The number of halogens is 2. The van der Waals surface area contributed by atoms with Crippen LogP contribution in [0.5, 0.6) is 0 Å². The molecule has 2 aromatic rings. The lowest BCUT2D eigenvalue weighted by atomic mass is 10.1. The summed E-state index contributed by atoms with van der Waals surface area (Å²) in [5.74, 6) is 0. The highest BCUT2D eigenvalue weighted by Crippen LogP contribution is 2.27. The predicted molar refractivity (Wildman–Crippen MR) is 60.6 cm³/mol. The van der Waals surface area contributed by atoms with Crippen molar-refractivity contribution in [3.05, 3.63) is 30.6 Å².